The van der Waals surface area contributed by atoms with Crippen molar-refractivity contribution in [2.45, 2.75) is 13.0 Å². The van der Waals surface area contributed by atoms with Crippen LogP contribution in [0.3, 0.4) is 0 Å². The van der Waals surface area contributed by atoms with Gasteiger partial charge in [-0.05, 0) is 19.1 Å². The third-order valence-electron chi connectivity index (χ3n) is 2.70. The lowest BCUT2D eigenvalue weighted by Crippen LogP contribution is -2.42. The van der Waals surface area contributed by atoms with E-state index in [1.54, 1.807) is 18.3 Å². The molecule has 0 aliphatic heterocycles. The number of thiophene rings is 1. The first kappa shape index (κ1) is 18.3. The lowest BCUT2D eigenvalue weighted by atomic mass is 10.3. The van der Waals surface area contributed by atoms with Crippen LogP contribution in [0.2, 0.25) is 0 Å². The maximum Gasteiger partial charge on any atom is 0.322 e. The number of carboxylic acid groups (broad SMARTS) is 1. The number of carboxylic acids is 1. The number of nitrogens with one attached hydrogen (secondary N) is 1. The molecular formula is C13H16BrN3O4S. The minimum absolute atomic E-state index is 0. The number of carbonyl (C=O) groups is 2. The number of fused-ring (bicyclic) bond motifs is 1. The van der Waals surface area contributed by atoms with Gasteiger partial charge in [0.1, 0.15) is 11.8 Å². The summed E-state index contributed by atoms with van der Waals surface area (Å²) in [5, 5.41) is 11.2. The van der Waals surface area contributed by atoms with Crippen molar-refractivity contribution in [2.75, 3.05) is 13.2 Å². The largest absolute Gasteiger partial charge is 0.492 e. The summed E-state index contributed by atoms with van der Waals surface area (Å²) in [5.41, 5.74) is 6.00. The topological polar surface area (TPSA) is 115 Å². The number of amides is 1. The summed E-state index contributed by atoms with van der Waals surface area (Å²) in [6, 6.07) is 2.26. The predicted molar refractivity (Wildman–Crippen MR) is 89.1 cm³/mol. The van der Waals surface area contributed by atoms with Gasteiger partial charge in [0.25, 0.3) is 5.91 Å². The van der Waals surface area contributed by atoms with Crippen molar-refractivity contribution in [3.8, 4) is 5.75 Å². The van der Waals surface area contributed by atoms with Crippen molar-refractivity contribution in [1.29, 1.82) is 0 Å². The Balaban J connectivity index is 0.00000242. The summed E-state index contributed by atoms with van der Waals surface area (Å²) in [6.07, 6.45) is 1.61. The Kier molecular flexibility index (Phi) is 6.72. The van der Waals surface area contributed by atoms with Crippen LogP contribution in [0.4, 0.5) is 0 Å². The molecule has 0 unspecified atom stereocenters. The van der Waals surface area contributed by atoms with Gasteiger partial charge in [-0.3, -0.25) is 14.6 Å². The zero-order chi connectivity index (χ0) is 15.4. The Hall–Kier alpha value is -1.71. The summed E-state index contributed by atoms with van der Waals surface area (Å²) in [7, 11) is 0. The smallest absolute Gasteiger partial charge is 0.322 e. The van der Waals surface area contributed by atoms with E-state index in [4.69, 9.17) is 15.6 Å². The Bertz CT molecular complexity index is 676. The second-order valence-electron chi connectivity index (χ2n) is 4.22. The Morgan fingerprint density at radius 1 is 1.55 bits per heavy atom. The molecule has 0 fully saturated rings. The van der Waals surface area contributed by atoms with Crippen molar-refractivity contribution in [3.63, 3.8) is 0 Å². The average molecular weight is 390 g/mol. The highest BCUT2D eigenvalue weighted by Gasteiger charge is 2.16. The number of pyridine rings is 1. The van der Waals surface area contributed by atoms with Crippen LogP contribution in [0.1, 0.15) is 16.6 Å². The summed E-state index contributed by atoms with van der Waals surface area (Å²) in [4.78, 5) is 27.2. The van der Waals surface area contributed by atoms with Crippen molar-refractivity contribution in [1.82, 2.24) is 10.3 Å². The molecule has 1 atom stereocenters. The van der Waals surface area contributed by atoms with E-state index in [-0.39, 0.29) is 29.4 Å². The van der Waals surface area contributed by atoms with Gasteiger partial charge in [0.15, 0.2) is 0 Å². The minimum atomic E-state index is -1.16. The molecule has 2 heterocycles. The first-order chi connectivity index (χ1) is 10.0. The van der Waals surface area contributed by atoms with Crippen molar-refractivity contribution in [2.24, 2.45) is 5.73 Å². The predicted octanol–water partition coefficient (Wildman–Crippen LogP) is 1.41. The molecule has 9 heteroatoms. The SMILES string of the molecule is Br.CCOc1ccnc2cc(C(=O)NC[C@@H](N)C(=O)O)sc12. The van der Waals surface area contributed by atoms with Crippen LogP contribution in [0.5, 0.6) is 5.75 Å². The van der Waals surface area contributed by atoms with Crippen molar-refractivity contribution < 1.29 is 19.4 Å². The fraction of sp³-hybridized carbons (Fsp3) is 0.308. The average Bonchev–Trinajstić information content (AvgIpc) is 2.89. The molecule has 0 spiro atoms. The Morgan fingerprint density at radius 2 is 2.27 bits per heavy atom. The molecule has 120 valence electrons. The number of nitrogens with two attached hydrogens (primary N) is 1. The summed E-state index contributed by atoms with van der Waals surface area (Å²) >= 11 is 1.24. The summed E-state index contributed by atoms with van der Waals surface area (Å²) < 4.78 is 6.27. The van der Waals surface area contributed by atoms with Gasteiger partial charge >= 0.3 is 5.97 Å². The fourth-order valence-corrected chi connectivity index (χ4v) is 2.67. The van der Waals surface area contributed by atoms with Gasteiger partial charge in [-0.15, -0.1) is 28.3 Å². The molecule has 0 radical (unpaired) electrons. The quantitative estimate of drug-likeness (QED) is 0.687. The van der Waals surface area contributed by atoms with Crippen LogP contribution in [-0.4, -0.2) is 41.2 Å². The van der Waals surface area contributed by atoms with Crippen LogP contribution >= 0.6 is 28.3 Å². The molecular weight excluding hydrogens is 374 g/mol. The number of rotatable bonds is 6. The number of nitrogens with zero attached hydrogens (tertiary/aromatic N) is 1. The number of hydrogen-bond donors (Lipinski definition) is 3. The normalized spacial score (nSPS) is 11.5. The number of hydrogen-bond acceptors (Lipinski definition) is 6. The van der Waals surface area contributed by atoms with E-state index in [0.717, 1.165) is 4.70 Å². The highest BCUT2D eigenvalue weighted by Crippen LogP contribution is 2.32. The van der Waals surface area contributed by atoms with Gasteiger partial charge in [0.2, 0.25) is 0 Å². The molecule has 0 aromatic carbocycles. The van der Waals surface area contributed by atoms with Crippen molar-refractivity contribution >= 4 is 50.4 Å². The van der Waals surface area contributed by atoms with E-state index in [0.29, 0.717) is 22.8 Å². The molecule has 0 saturated carbocycles. The number of aromatic nitrogens is 1. The molecule has 0 saturated heterocycles. The van der Waals surface area contributed by atoms with E-state index in [1.165, 1.54) is 11.3 Å². The van der Waals surface area contributed by atoms with Gasteiger partial charge in [0, 0.05) is 12.7 Å². The van der Waals surface area contributed by atoms with E-state index in [9.17, 15) is 9.59 Å². The van der Waals surface area contributed by atoms with Crippen LogP contribution < -0.4 is 15.8 Å². The zero-order valence-corrected chi connectivity index (χ0v) is 14.3. The molecule has 1 amide bonds. The highest BCUT2D eigenvalue weighted by molar-refractivity contribution is 8.93. The van der Waals surface area contributed by atoms with E-state index >= 15 is 0 Å². The Morgan fingerprint density at radius 3 is 2.91 bits per heavy atom. The summed E-state index contributed by atoms with van der Waals surface area (Å²) in [6.45, 7) is 2.26. The van der Waals surface area contributed by atoms with Crippen LogP contribution in [0.25, 0.3) is 10.2 Å². The maximum absolute atomic E-state index is 12.0. The minimum Gasteiger partial charge on any atom is -0.492 e. The number of ether oxygens (including phenoxy) is 1. The molecule has 0 aliphatic carbocycles. The van der Waals surface area contributed by atoms with Gasteiger partial charge in [-0.2, -0.15) is 0 Å². The molecule has 7 nitrogen and oxygen atoms in total. The van der Waals surface area contributed by atoms with Crippen molar-refractivity contribution in [3.05, 3.63) is 23.2 Å². The third kappa shape index (κ3) is 4.15. The van der Waals surface area contributed by atoms with Crippen LogP contribution in [-0.2, 0) is 4.79 Å². The first-order valence-electron chi connectivity index (χ1n) is 6.30. The first-order valence-corrected chi connectivity index (χ1v) is 7.12. The standard InChI is InChI=1S/C13H15N3O4S.BrH/c1-2-20-9-3-4-15-8-5-10(21-11(8)9)12(17)16-6-7(14)13(18)19;/h3-5,7H,2,6,14H2,1H3,(H,16,17)(H,18,19);1H/t7-;/m1./s1. The van der Waals surface area contributed by atoms with Gasteiger partial charge in [-0.1, -0.05) is 0 Å². The number of aliphatic carboxylic acids is 1. The number of halogens is 1. The lowest BCUT2D eigenvalue weighted by Gasteiger charge is -2.06. The molecule has 22 heavy (non-hydrogen) atoms. The van der Waals surface area contributed by atoms with Gasteiger partial charge < -0.3 is 20.9 Å². The van der Waals surface area contributed by atoms with Gasteiger partial charge in [-0.25, -0.2) is 0 Å². The van der Waals surface area contributed by atoms with Crippen LogP contribution in [0.15, 0.2) is 18.3 Å². The maximum atomic E-state index is 12.0. The second kappa shape index (κ2) is 8.06. The fourth-order valence-electron chi connectivity index (χ4n) is 1.67. The third-order valence-corrected chi connectivity index (χ3v) is 3.84. The molecule has 0 bridgehead atoms. The molecule has 2 rings (SSSR count). The molecule has 2 aromatic heterocycles. The number of carbonyl (C=O) groups excluding carboxylic acids is 1. The zero-order valence-electron chi connectivity index (χ0n) is 11.7. The van der Waals surface area contributed by atoms with E-state index in [2.05, 4.69) is 10.3 Å². The lowest BCUT2D eigenvalue weighted by molar-refractivity contribution is -0.138. The van der Waals surface area contributed by atoms with E-state index in [1.807, 2.05) is 6.92 Å². The molecule has 4 N–H and O–H groups in total. The van der Waals surface area contributed by atoms with Crippen LogP contribution in [0, 0.1) is 0 Å². The highest BCUT2D eigenvalue weighted by atomic mass is 79.9. The summed E-state index contributed by atoms with van der Waals surface area (Å²) in [5.74, 6) is -0.863. The van der Waals surface area contributed by atoms with E-state index < -0.39 is 12.0 Å². The van der Waals surface area contributed by atoms with Gasteiger partial charge in [0.05, 0.1) is 21.7 Å². The second-order valence-corrected chi connectivity index (χ2v) is 5.27. The molecule has 2 aromatic rings. The molecule has 0 aliphatic rings. The monoisotopic (exact) mass is 389 g/mol. The Labute approximate surface area is 141 Å².